The van der Waals surface area contributed by atoms with Crippen LogP contribution in [0, 0.1) is 5.82 Å². The zero-order chi connectivity index (χ0) is 19.7. The fraction of sp³-hybridized carbons (Fsp3) is 0.263. The van der Waals surface area contributed by atoms with Crippen molar-refractivity contribution >= 4 is 17.5 Å². The van der Waals surface area contributed by atoms with Crippen LogP contribution in [-0.2, 0) is 6.54 Å². The summed E-state index contributed by atoms with van der Waals surface area (Å²) in [5, 5.41) is 7.16. The van der Waals surface area contributed by atoms with Crippen LogP contribution >= 0.6 is 11.6 Å². The van der Waals surface area contributed by atoms with Crippen LogP contribution in [0.4, 0.5) is 4.39 Å². The lowest BCUT2D eigenvalue weighted by molar-refractivity contribution is 0.0952. The molecule has 0 saturated heterocycles. The summed E-state index contributed by atoms with van der Waals surface area (Å²) in [5.74, 6) is -0.373. The van der Waals surface area contributed by atoms with Gasteiger partial charge in [0, 0.05) is 30.5 Å². The number of carbonyl (C=O) groups is 1. The molecular formula is C19H17ClFN5O2. The van der Waals surface area contributed by atoms with E-state index in [-0.39, 0.29) is 35.4 Å². The smallest absolute Gasteiger partial charge is 0.346 e. The van der Waals surface area contributed by atoms with Gasteiger partial charge in [0.15, 0.2) is 5.82 Å². The SMILES string of the molecule is O=C(NCCn1nc(-c2cccnc2)n(C2CC2)c1=O)c1ccc(F)cc1Cl. The molecule has 4 rings (SSSR count). The van der Waals surface area contributed by atoms with Crippen molar-refractivity contribution < 1.29 is 9.18 Å². The van der Waals surface area contributed by atoms with Gasteiger partial charge in [0.25, 0.3) is 5.91 Å². The van der Waals surface area contributed by atoms with Gasteiger partial charge in [0.05, 0.1) is 17.1 Å². The van der Waals surface area contributed by atoms with Gasteiger partial charge in [0.1, 0.15) is 5.82 Å². The molecule has 144 valence electrons. The molecule has 0 aliphatic heterocycles. The van der Waals surface area contributed by atoms with E-state index in [1.165, 1.54) is 16.8 Å². The number of pyridine rings is 1. The summed E-state index contributed by atoms with van der Waals surface area (Å²) >= 11 is 5.90. The molecule has 1 N–H and O–H groups in total. The maximum absolute atomic E-state index is 13.1. The van der Waals surface area contributed by atoms with Gasteiger partial charge in [-0.2, -0.15) is 0 Å². The second-order valence-electron chi connectivity index (χ2n) is 6.55. The van der Waals surface area contributed by atoms with Crippen LogP contribution in [0.1, 0.15) is 29.2 Å². The van der Waals surface area contributed by atoms with Crippen molar-refractivity contribution in [3.05, 3.63) is 69.6 Å². The Balaban J connectivity index is 1.50. The topological polar surface area (TPSA) is 81.8 Å². The van der Waals surface area contributed by atoms with Crippen molar-refractivity contribution in [3.8, 4) is 11.4 Å². The molecule has 1 aliphatic carbocycles. The highest BCUT2D eigenvalue weighted by molar-refractivity contribution is 6.33. The highest BCUT2D eigenvalue weighted by Gasteiger charge is 2.30. The summed E-state index contributed by atoms with van der Waals surface area (Å²) in [6, 6.07) is 7.38. The molecule has 1 aliphatic rings. The van der Waals surface area contributed by atoms with Gasteiger partial charge in [-0.25, -0.2) is 13.9 Å². The summed E-state index contributed by atoms with van der Waals surface area (Å²) in [5.41, 5.74) is 0.734. The summed E-state index contributed by atoms with van der Waals surface area (Å²) in [4.78, 5) is 29.1. The molecule has 0 radical (unpaired) electrons. The molecule has 1 aromatic carbocycles. The van der Waals surface area contributed by atoms with Gasteiger partial charge < -0.3 is 5.32 Å². The number of amides is 1. The van der Waals surface area contributed by atoms with Crippen molar-refractivity contribution in [2.75, 3.05) is 6.54 Å². The van der Waals surface area contributed by atoms with Crippen molar-refractivity contribution in [1.29, 1.82) is 0 Å². The molecule has 9 heteroatoms. The molecule has 0 unspecified atom stereocenters. The van der Waals surface area contributed by atoms with Gasteiger partial charge in [-0.3, -0.25) is 14.3 Å². The third-order valence-electron chi connectivity index (χ3n) is 4.49. The Morgan fingerprint density at radius 3 is 2.82 bits per heavy atom. The van der Waals surface area contributed by atoms with E-state index in [0.29, 0.717) is 5.82 Å². The molecule has 1 saturated carbocycles. The molecule has 0 atom stereocenters. The van der Waals surface area contributed by atoms with E-state index >= 15 is 0 Å². The zero-order valence-electron chi connectivity index (χ0n) is 14.8. The predicted octanol–water partition coefficient (Wildman–Crippen LogP) is 2.66. The number of halogens is 2. The van der Waals surface area contributed by atoms with Crippen LogP contribution in [0.3, 0.4) is 0 Å². The molecule has 7 nitrogen and oxygen atoms in total. The first-order valence-electron chi connectivity index (χ1n) is 8.87. The Kier molecular flexibility index (Phi) is 4.95. The van der Waals surface area contributed by atoms with Crippen LogP contribution in [0.2, 0.25) is 5.02 Å². The number of nitrogens with zero attached hydrogens (tertiary/aromatic N) is 4. The van der Waals surface area contributed by atoms with E-state index < -0.39 is 11.7 Å². The van der Waals surface area contributed by atoms with Crippen LogP contribution in [0.5, 0.6) is 0 Å². The average molecular weight is 402 g/mol. The Hall–Kier alpha value is -3.00. The van der Waals surface area contributed by atoms with Gasteiger partial charge in [-0.1, -0.05) is 11.6 Å². The Morgan fingerprint density at radius 1 is 1.32 bits per heavy atom. The number of rotatable bonds is 6. The highest BCUT2D eigenvalue weighted by atomic mass is 35.5. The third-order valence-corrected chi connectivity index (χ3v) is 4.80. The summed E-state index contributed by atoms with van der Waals surface area (Å²) in [7, 11) is 0. The largest absolute Gasteiger partial charge is 0.350 e. The summed E-state index contributed by atoms with van der Waals surface area (Å²) in [6.07, 6.45) is 5.22. The van der Waals surface area contributed by atoms with E-state index in [0.717, 1.165) is 24.5 Å². The first-order chi connectivity index (χ1) is 13.5. The van der Waals surface area contributed by atoms with Gasteiger partial charge in [0.2, 0.25) is 0 Å². The van der Waals surface area contributed by atoms with Gasteiger partial charge in [-0.05, 0) is 43.2 Å². The van der Waals surface area contributed by atoms with Crippen LogP contribution in [0.15, 0.2) is 47.5 Å². The normalized spacial score (nSPS) is 13.5. The number of benzene rings is 1. The molecule has 2 heterocycles. The highest BCUT2D eigenvalue weighted by Crippen LogP contribution is 2.36. The lowest BCUT2D eigenvalue weighted by atomic mass is 10.2. The predicted molar refractivity (Wildman–Crippen MR) is 102 cm³/mol. The maximum Gasteiger partial charge on any atom is 0.346 e. The Bertz CT molecular complexity index is 1080. The molecule has 28 heavy (non-hydrogen) atoms. The first kappa shape index (κ1) is 18.4. The minimum Gasteiger partial charge on any atom is -0.350 e. The van der Waals surface area contributed by atoms with Crippen molar-refractivity contribution in [3.63, 3.8) is 0 Å². The van der Waals surface area contributed by atoms with Gasteiger partial charge >= 0.3 is 5.69 Å². The minimum absolute atomic E-state index is 0.0338. The first-order valence-corrected chi connectivity index (χ1v) is 9.25. The van der Waals surface area contributed by atoms with E-state index in [9.17, 15) is 14.0 Å². The van der Waals surface area contributed by atoms with E-state index in [1.54, 1.807) is 23.0 Å². The van der Waals surface area contributed by atoms with Gasteiger partial charge in [-0.15, -0.1) is 5.10 Å². The second kappa shape index (κ2) is 7.55. The van der Waals surface area contributed by atoms with Crippen molar-refractivity contribution in [2.24, 2.45) is 0 Å². The molecule has 3 aromatic rings. The summed E-state index contributed by atoms with van der Waals surface area (Å²) in [6.45, 7) is 0.386. The lowest BCUT2D eigenvalue weighted by Gasteiger charge is -2.06. The fourth-order valence-electron chi connectivity index (χ4n) is 2.96. The zero-order valence-corrected chi connectivity index (χ0v) is 15.6. The fourth-order valence-corrected chi connectivity index (χ4v) is 3.22. The monoisotopic (exact) mass is 401 g/mol. The average Bonchev–Trinajstić information content (AvgIpc) is 3.46. The van der Waals surface area contributed by atoms with E-state index in [1.807, 2.05) is 6.07 Å². The molecular weight excluding hydrogens is 385 g/mol. The number of hydrogen-bond donors (Lipinski definition) is 1. The second-order valence-corrected chi connectivity index (χ2v) is 6.96. The third kappa shape index (κ3) is 3.68. The number of aromatic nitrogens is 4. The lowest BCUT2D eigenvalue weighted by Crippen LogP contribution is -2.32. The molecule has 0 bridgehead atoms. The quantitative estimate of drug-likeness (QED) is 0.688. The van der Waals surface area contributed by atoms with E-state index in [2.05, 4.69) is 15.4 Å². The van der Waals surface area contributed by atoms with Crippen molar-refractivity contribution in [2.45, 2.75) is 25.4 Å². The number of carbonyl (C=O) groups excluding carboxylic acids is 1. The Morgan fingerprint density at radius 2 is 2.14 bits per heavy atom. The minimum atomic E-state index is -0.512. The van der Waals surface area contributed by atoms with Crippen LogP contribution in [-0.4, -0.2) is 31.8 Å². The Labute approximate surface area is 164 Å². The van der Waals surface area contributed by atoms with E-state index in [4.69, 9.17) is 11.6 Å². The number of nitrogens with one attached hydrogen (secondary N) is 1. The number of hydrogen-bond acceptors (Lipinski definition) is 4. The molecule has 1 amide bonds. The maximum atomic E-state index is 13.1. The molecule has 1 fully saturated rings. The van der Waals surface area contributed by atoms with Crippen LogP contribution < -0.4 is 11.0 Å². The molecule has 0 spiro atoms. The summed E-state index contributed by atoms with van der Waals surface area (Å²) < 4.78 is 16.1. The standard InChI is InChI=1S/C19H17ClFN5O2/c20-16-10-13(21)3-6-15(16)18(27)23-8-9-25-19(28)26(14-4-5-14)17(24-25)12-2-1-7-22-11-12/h1-3,6-7,10-11,14H,4-5,8-9H2,(H,23,27). The van der Waals surface area contributed by atoms with Crippen molar-refractivity contribution in [1.82, 2.24) is 24.6 Å². The molecule has 2 aromatic heterocycles. The van der Waals surface area contributed by atoms with Crippen LogP contribution in [0.25, 0.3) is 11.4 Å².